The molecule has 0 fully saturated rings. The molecule has 1 N–H and O–H groups in total. The molecule has 0 saturated heterocycles. The van der Waals surface area contributed by atoms with Gasteiger partial charge >= 0.3 is 0 Å². The van der Waals surface area contributed by atoms with E-state index in [1.54, 1.807) is 11.3 Å². The number of thiazole rings is 1. The molecule has 0 aliphatic rings. The molecule has 0 bridgehead atoms. The number of hydrogen-bond donors (Lipinski definition) is 1. The number of aromatic nitrogens is 3. The Morgan fingerprint density at radius 3 is 2.65 bits per heavy atom. The number of anilines is 1. The van der Waals surface area contributed by atoms with Crippen molar-refractivity contribution in [1.82, 2.24) is 14.5 Å². The Morgan fingerprint density at radius 2 is 2.05 bits per heavy atom. The molecule has 1 unspecified atom stereocenters. The molecule has 110 valence electrons. The van der Waals surface area contributed by atoms with Crippen molar-refractivity contribution in [3.05, 3.63) is 27.5 Å². The number of aryl methyl sites for hydroxylation is 3. The van der Waals surface area contributed by atoms with E-state index < -0.39 is 0 Å². The first kappa shape index (κ1) is 15.0. The van der Waals surface area contributed by atoms with Gasteiger partial charge in [0.25, 0.3) is 0 Å². The Labute approximate surface area is 125 Å². The van der Waals surface area contributed by atoms with Crippen molar-refractivity contribution in [1.29, 1.82) is 0 Å². The van der Waals surface area contributed by atoms with E-state index in [0.29, 0.717) is 0 Å². The molecule has 0 amide bonds. The maximum absolute atomic E-state index is 4.60. The molecular formula is C15H24N4S. The van der Waals surface area contributed by atoms with Gasteiger partial charge in [0, 0.05) is 12.7 Å². The van der Waals surface area contributed by atoms with Gasteiger partial charge < -0.3 is 9.88 Å². The van der Waals surface area contributed by atoms with E-state index in [0.717, 1.165) is 28.9 Å². The summed E-state index contributed by atoms with van der Waals surface area (Å²) in [7, 11) is 0. The molecule has 2 rings (SSSR count). The van der Waals surface area contributed by atoms with Crippen LogP contribution in [0.1, 0.15) is 54.0 Å². The van der Waals surface area contributed by atoms with E-state index in [1.165, 1.54) is 17.7 Å². The van der Waals surface area contributed by atoms with Gasteiger partial charge in [-0.3, -0.25) is 0 Å². The standard InChI is InChI=1S/C15H24N4S/c1-6-7-8-16-15-17-10(2)9-19(15)12(4)14-11(3)18-13(5)20-14/h9,12H,6-8H2,1-5H3,(H,16,17). The van der Waals surface area contributed by atoms with E-state index in [2.05, 4.69) is 53.7 Å². The van der Waals surface area contributed by atoms with E-state index in [1.807, 2.05) is 6.92 Å². The third-order valence-corrected chi connectivity index (χ3v) is 4.65. The van der Waals surface area contributed by atoms with Crippen molar-refractivity contribution >= 4 is 17.3 Å². The molecule has 0 aliphatic carbocycles. The maximum Gasteiger partial charge on any atom is 0.203 e. The van der Waals surface area contributed by atoms with Crippen LogP contribution in [0.2, 0.25) is 0 Å². The van der Waals surface area contributed by atoms with Gasteiger partial charge in [-0.25, -0.2) is 9.97 Å². The van der Waals surface area contributed by atoms with Crippen molar-refractivity contribution in [2.45, 2.75) is 53.5 Å². The molecule has 2 aromatic heterocycles. The van der Waals surface area contributed by atoms with Crippen LogP contribution in [-0.4, -0.2) is 21.1 Å². The van der Waals surface area contributed by atoms with Crippen molar-refractivity contribution in [2.75, 3.05) is 11.9 Å². The van der Waals surface area contributed by atoms with Crippen LogP contribution < -0.4 is 5.32 Å². The van der Waals surface area contributed by atoms with E-state index in [-0.39, 0.29) is 6.04 Å². The molecule has 4 nitrogen and oxygen atoms in total. The number of nitrogens with zero attached hydrogens (tertiary/aromatic N) is 3. The summed E-state index contributed by atoms with van der Waals surface area (Å²) < 4.78 is 2.23. The second-order valence-corrected chi connectivity index (χ2v) is 6.49. The quantitative estimate of drug-likeness (QED) is 0.816. The average Bonchev–Trinajstić information content (AvgIpc) is 2.92. The van der Waals surface area contributed by atoms with Gasteiger partial charge in [0.15, 0.2) is 0 Å². The lowest BCUT2D eigenvalue weighted by atomic mass is 10.2. The fourth-order valence-electron chi connectivity index (χ4n) is 2.38. The lowest BCUT2D eigenvalue weighted by Crippen LogP contribution is -2.12. The van der Waals surface area contributed by atoms with Crippen molar-refractivity contribution < 1.29 is 0 Å². The molecule has 0 spiro atoms. The summed E-state index contributed by atoms with van der Waals surface area (Å²) >= 11 is 1.78. The van der Waals surface area contributed by atoms with Gasteiger partial charge in [-0.2, -0.15) is 0 Å². The summed E-state index contributed by atoms with van der Waals surface area (Å²) in [6.45, 7) is 11.6. The smallest absolute Gasteiger partial charge is 0.203 e. The molecule has 0 radical (unpaired) electrons. The van der Waals surface area contributed by atoms with Gasteiger partial charge in [0.05, 0.1) is 27.3 Å². The summed E-state index contributed by atoms with van der Waals surface area (Å²) in [6.07, 6.45) is 4.47. The number of rotatable bonds is 6. The Hall–Kier alpha value is -1.36. The molecule has 5 heteroatoms. The maximum atomic E-state index is 4.60. The molecule has 0 saturated carbocycles. The SMILES string of the molecule is CCCCNc1nc(C)cn1C(C)c1sc(C)nc1C. The monoisotopic (exact) mass is 292 g/mol. The van der Waals surface area contributed by atoms with Crippen molar-refractivity contribution in [3.8, 4) is 0 Å². The molecule has 2 aromatic rings. The minimum absolute atomic E-state index is 0.270. The van der Waals surface area contributed by atoms with Crippen molar-refractivity contribution in [3.63, 3.8) is 0 Å². The van der Waals surface area contributed by atoms with Crippen LogP contribution >= 0.6 is 11.3 Å². The minimum atomic E-state index is 0.270. The molecule has 0 aromatic carbocycles. The first-order valence-electron chi connectivity index (χ1n) is 7.26. The van der Waals surface area contributed by atoms with Gasteiger partial charge in [-0.15, -0.1) is 11.3 Å². The Bertz CT molecular complexity index is 570. The van der Waals surface area contributed by atoms with Crippen LogP contribution in [0.15, 0.2) is 6.20 Å². The average molecular weight is 292 g/mol. The number of nitrogens with one attached hydrogen (secondary N) is 1. The molecular weight excluding hydrogens is 268 g/mol. The third-order valence-electron chi connectivity index (χ3n) is 3.40. The predicted molar refractivity (Wildman–Crippen MR) is 85.8 cm³/mol. The topological polar surface area (TPSA) is 42.7 Å². The van der Waals surface area contributed by atoms with Crippen LogP contribution in [0.5, 0.6) is 0 Å². The van der Waals surface area contributed by atoms with Crippen LogP contribution in [0, 0.1) is 20.8 Å². The summed E-state index contributed by atoms with van der Waals surface area (Å²) in [5.74, 6) is 0.967. The summed E-state index contributed by atoms with van der Waals surface area (Å²) in [6, 6.07) is 0.270. The first-order valence-corrected chi connectivity index (χ1v) is 8.07. The molecule has 20 heavy (non-hydrogen) atoms. The van der Waals surface area contributed by atoms with Gasteiger partial charge in [0.2, 0.25) is 5.95 Å². The fourth-order valence-corrected chi connectivity index (χ4v) is 3.36. The molecule has 2 heterocycles. The predicted octanol–water partition coefficient (Wildman–Crippen LogP) is 4.09. The highest BCUT2D eigenvalue weighted by atomic mass is 32.1. The zero-order valence-corrected chi connectivity index (χ0v) is 13.8. The van der Waals surface area contributed by atoms with Crippen molar-refractivity contribution in [2.24, 2.45) is 0 Å². The second-order valence-electron chi connectivity index (χ2n) is 5.25. The zero-order chi connectivity index (χ0) is 14.7. The first-order chi connectivity index (χ1) is 9.52. The second kappa shape index (κ2) is 6.39. The summed E-state index contributed by atoms with van der Waals surface area (Å²) in [5, 5.41) is 4.57. The van der Waals surface area contributed by atoms with Gasteiger partial charge in [-0.05, 0) is 34.1 Å². The summed E-state index contributed by atoms with van der Waals surface area (Å²) in [5.41, 5.74) is 2.18. The lowest BCUT2D eigenvalue weighted by Gasteiger charge is -2.16. The van der Waals surface area contributed by atoms with Gasteiger partial charge in [0.1, 0.15) is 0 Å². The van der Waals surface area contributed by atoms with Crippen LogP contribution in [-0.2, 0) is 0 Å². The highest BCUT2D eigenvalue weighted by Gasteiger charge is 2.18. The van der Waals surface area contributed by atoms with Crippen LogP contribution in [0.4, 0.5) is 5.95 Å². The van der Waals surface area contributed by atoms with E-state index in [9.17, 15) is 0 Å². The molecule has 1 atom stereocenters. The zero-order valence-electron chi connectivity index (χ0n) is 13.0. The van der Waals surface area contributed by atoms with Crippen LogP contribution in [0.25, 0.3) is 0 Å². The van der Waals surface area contributed by atoms with Gasteiger partial charge in [-0.1, -0.05) is 13.3 Å². The number of imidazole rings is 1. The summed E-state index contributed by atoms with van der Waals surface area (Å²) in [4.78, 5) is 10.5. The highest BCUT2D eigenvalue weighted by Crippen LogP contribution is 2.30. The Kier molecular flexibility index (Phi) is 4.81. The third kappa shape index (κ3) is 3.20. The number of hydrogen-bond acceptors (Lipinski definition) is 4. The normalized spacial score (nSPS) is 12.7. The minimum Gasteiger partial charge on any atom is -0.356 e. The van der Waals surface area contributed by atoms with E-state index >= 15 is 0 Å². The Balaban J connectivity index is 2.25. The van der Waals surface area contributed by atoms with Crippen LogP contribution in [0.3, 0.4) is 0 Å². The Morgan fingerprint density at radius 1 is 1.30 bits per heavy atom. The molecule has 0 aliphatic heterocycles. The fraction of sp³-hybridized carbons (Fsp3) is 0.600. The largest absolute Gasteiger partial charge is 0.356 e. The number of unbranched alkanes of at least 4 members (excludes halogenated alkanes) is 1. The van der Waals surface area contributed by atoms with E-state index in [4.69, 9.17) is 0 Å². The lowest BCUT2D eigenvalue weighted by molar-refractivity contribution is 0.646. The highest BCUT2D eigenvalue weighted by molar-refractivity contribution is 7.11.